The number of carbonyl (C=O) groups excluding carboxylic acids is 1. The molecule has 0 saturated heterocycles. The molecule has 3 aromatic rings. The third-order valence-electron chi connectivity index (χ3n) is 2.87. The Morgan fingerprint density at radius 1 is 1.27 bits per heavy atom. The highest BCUT2D eigenvalue weighted by molar-refractivity contribution is 7.13. The van der Waals surface area contributed by atoms with Crippen LogP contribution in [0.1, 0.15) is 11.5 Å². The molecule has 4 nitrogen and oxygen atoms in total. The van der Waals surface area contributed by atoms with Crippen LogP contribution in [0.2, 0.25) is 0 Å². The highest BCUT2D eigenvalue weighted by atomic mass is 32.1. The van der Waals surface area contributed by atoms with E-state index in [9.17, 15) is 4.79 Å². The molecule has 0 bridgehead atoms. The molecule has 0 aliphatic rings. The molecule has 0 radical (unpaired) electrons. The van der Waals surface area contributed by atoms with Gasteiger partial charge in [0, 0.05) is 22.7 Å². The van der Waals surface area contributed by atoms with E-state index < -0.39 is 5.97 Å². The van der Waals surface area contributed by atoms with Crippen LogP contribution in [0, 0.1) is 6.92 Å². The molecular weight excluding hydrogens is 298 g/mol. The molecule has 1 aromatic carbocycles. The quantitative estimate of drug-likeness (QED) is 0.409. The number of hydrogen-bond donors (Lipinski definition) is 0. The number of esters is 1. The van der Waals surface area contributed by atoms with Crippen molar-refractivity contribution in [2.75, 3.05) is 0 Å². The molecule has 0 fully saturated rings. The maximum Gasteiger partial charge on any atom is 0.336 e. The summed E-state index contributed by atoms with van der Waals surface area (Å²) in [5.74, 6) is 0.645. The van der Waals surface area contributed by atoms with Gasteiger partial charge in [-0.25, -0.2) is 9.78 Å². The third-order valence-corrected chi connectivity index (χ3v) is 3.87. The van der Waals surface area contributed by atoms with E-state index in [0.717, 1.165) is 16.3 Å². The number of benzene rings is 1. The smallest absolute Gasteiger partial charge is 0.336 e. The Balaban J connectivity index is 1.64. The normalized spacial score (nSPS) is 11.0. The number of nitrogens with zero attached hydrogens (tertiary/aromatic N) is 1. The number of furan rings is 1. The Kier molecular flexibility index (Phi) is 4.16. The SMILES string of the molecule is Cc1csc(-c2ccc(OC(=O)/C=C/c3ccco3)cc2)n1. The molecule has 0 spiro atoms. The Morgan fingerprint density at radius 2 is 2.09 bits per heavy atom. The highest BCUT2D eigenvalue weighted by Crippen LogP contribution is 2.25. The number of rotatable bonds is 4. The molecule has 2 heterocycles. The van der Waals surface area contributed by atoms with Crippen LogP contribution in [0.15, 0.2) is 58.5 Å². The molecule has 2 aromatic heterocycles. The van der Waals surface area contributed by atoms with E-state index in [1.165, 1.54) is 6.08 Å². The van der Waals surface area contributed by atoms with Gasteiger partial charge in [0.05, 0.1) is 6.26 Å². The Labute approximate surface area is 131 Å². The lowest BCUT2D eigenvalue weighted by Gasteiger charge is -2.02. The van der Waals surface area contributed by atoms with Gasteiger partial charge in [-0.05, 0) is 49.4 Å². The van der Waals surface area contributed by atoms with Gasteiger partial charge in [0.25, 0.3) is 0 Å². The van der Waals surface area contributed by atoms with Crippen molar-refractivity contribution in [1.29, 1.82) is 0 Å². The largest absolute Gasteiger partial charge is 0.465 e. The summed E-state index contributed by atoms with van der Waals surface area (Å²) in [5.41, 5.74) is 2.00. The van der Waals surface area contributed by atoms with Crippen molar-refractivity contribution in [2.24, 2.45) is 0 Å². The summed E-state index contributed by atoms with van der Waals surface area (Å²) in [6, 6.07) is 10.8. The molecule has 3 rings (SSSR count). The maximum atomic E-state index is 11.7. The molecule has 0 unspecified atom stereocenters. The first-order valence-electron chi connectivity index (χ1n) is 6.67. The van der Waals surface area contributed by atoms with Gasteiger partial charge in [-0.3, -0.25) is 0 Å². The van der Waals surface area contributed by atoms with E-state index in [-0.39, 0.29) is 0 Å². The lowest BCUT2D eigenvalue weighted by atomic mass is 10.2. The van der Waals surface area contributed by atoms with Gasteiger partial charge in [0.1, 0.15) is 16.5 Å². The van der Waals surface area contributed by atoms with Gasteiger partial charge in [-0.15, -0.1) is 11.3 Å². The van der Waals surface area contributed by atoms with Crippen LogP contribution in [0.3, 0.4) is 0 Å². The first kappa shape index (κ1) is 14.3. The minimum atomic E-state index is -0.450. The average Bonchev–Trinajstić information content (AvgIpc) is 3.17. The first-order valence-corrected chi connectivity index (χ1v) is 7.54. The van der Waals surface area contributed by atoms with Crippen molar-refractivity contribution in [3.8, 4) is 16.3 Å². The van der Waals surface area contributed by atoms with Crippen LogP contribution in [-0.4, -0.2) is 11.0 Å². The van der Waals surface area contributed by atoms with Crippen LogP contribution in [0.5, 0.6) is 5.75 Å². The van der Waals surface area contributed by atoms with Crippen LogP contribution in [0.4, 0.5) is 0 Å². The molecule has 0 aliphatic carbocycles. The maximum absolute atomic E-state index is 11.7. The van der Waals surface area contributed by atoms with Crippen molar-refractivity contribution >= 4 is 23.4 Å². The van der Waals surface area contributed by atoms with Crippen LogP contribution < -0.4 is 4.74 Å². The summed E-state index contributed by atoms with van der Waals surface area (Å²) < 4.78 is 10.3. The molecule has 110 valence electrons. The second-order valence-electron chi connectivity index (χ2n) is 4.59. The van der Waals surface area contributed by atoms with Crippen LogP contribution in [-0.2, 0) is 4.79 Å². The summed E-state index contributed by atoms with van der Waals surface area (Å²) in [5, 5.41) is 2.95. The molecule has 0 amide bonds. The Bertz CT molecular complexity index is 786. The fourth-order valence-electron chi connectivity index (χ4n) is 1.84. The standard InChI is InChI=1S/C17H13NO3S/c1-12-11-22-17(18-12)13-4-6-15(7-5-13)21-16(19)9-8-14-3-2-10-20-14/h2-11H,1H3/b9-8+. The van der Waals surface area contributed by atoms with Crippen molar-refractivity contribution in [3.63, 3.8) is 0 Å². The van der Waals surface area contributed by atoms with E-state index in [1.54, 1.807) is 47.9 Å². The minimum Gasteiger partial charge on any atom is -0.465 e. The summed E-state index contributed by atoms with van der Waals surface area (Å²) in [7, 11) is 0. The van der Waals surface area contributed by atoms with E-state index in [4.69, 9.17) is 9.15 Å². The molecule has 0 atom stereocenters. The van der Waals surface area contributed by atoms with Gasteiger partial charge >= 0.3 is 5.97 Å². The van der Waals surface area contributed by atoms with Crippen LogP contribution >= 0.6 is 11.3 Å². The van der Waals surface area contributed by atoms with Gasteiger partial charge in [-0.2, -0.15) is 0 Å². The Morgan fingerprint density at radius 3 is 2.73 bits per heavy atom. The fraction of sp³-hybridized carbons (Fsp3) is 0.0588. The van der Waals surface area contributed by atoms with E-state index >= 15 is 0 Å². The predicted molar refractivity (Wildman–Crippen MR) is 85.7 cm³/mol. The second kappa shape index (κ2) is 6.41. The van der Waals surface area contributed by atoms with Crippen molar-refractivity contribution in [2.45, 2.75) is 6.92 Å². The zero-order valence-electron chi connectivity index (χ0n) is 11.9. The minimum absolute atomic E-state index is 0.450. The first-order chi connectivity index (χ1) is 10.7. The highest BCUT2D eigenvalue weighted by Gasteiger charge is 2.05. The lowest BCUT2D eigenvalue weighted by molar-refractivity contribution is -0.128. The van der Waals surface area contributed by atoms with Crippen molar-refractivity contribution < 1.29 is 13.9 Å². The van der Waals surface area contributed by atoms with Crippen molar-refractivity contribution in [3.05, 3.63) is 65.6 Å². The molecule has 0 saturated carbocycles. The summed E-state index contributed by atoms with van der Waals surface area (Å²) in [4.78, 5) is 16.1. The molecule has 5 heteroatoms. The van der Waals surface area contributed by atoms with Crippen LogP contribution in [0.25, 0.3) is 16.6 Å². The Hall–Kier alpha value is -2.66. The summed E-state index contributed by atoms with van der Waals surface area (Å²) in [6.07, 6.45) is 4.44. The summed E-state index contributed by atoms with van der Waals surface area (Å²) >= 11 is 1.59. The molecular formula is C17H13NO3S. The number of ether oxygens (including phenoxy) is 1. The van der Waals surface area contributed by atoms with E-state index in [2.05, 4.69) is 4.98 Å². The number of thiazole rings is 1. The van der Waals surface area contributed by atoms with E-state index in [1.807, 2.05) is 24.4 Å². The fourth-order valence-corrected chi connectivity index (χ4v) is 2.64. The molecule has 0 N–H and O–H groups in total. The summed E-state index contributed by atoms with van der Waals surface area (Å²) in [6.45, 7) is 1.96. The number of hydrogen-bond acceptors (Lipinski definition) is 5. The topological polar surface area (TPSA) is 52.3 Å². The predicted octanol–water partition coefficient (Wildman–Crippen LogP) is 4.33. The number of aromatic nitrogens is 1. The zero-order chi connectivity index (χ0) is 15.4. The van der Waals surface area contributed by atoms with Crippen molar-refractivity contribution in [1.82, 2.24) is 4.98 Å². The number of carbonyl (C=O) groups is 1. The third kappa shape index (κ3) is 3.51. The monoisotopic (exact) mass is 311 g/mol. The second-order valence-corrected chi connectivity index (χ2v) is 5.45. The van der Waals surface area contributed by atoms with E-state index in [0.29, 0.717) is 11.5 Å². The van der Waals surface area contributed by atoms with Gasteiger partial charge in [0.2, 0.25) is 0 Å². The van der Waals surface area contributed by atoms with Gasteiger partial charge in [0.15, 0.2) is 0 Å². The average molecular weight is 311 g/mol. The molecule has 22 heavy (non-hydrogen) atoms. The lowest BCUT2D eigenvalue weighted by Crippen LogP contribution is -2.03. The van der Waals surface area contributed by atoms with Gasteiger partial charge < -0.3 is 9.15 Å². The number of aryl methyl sites for hydroxylation is 1. The zero-order valence-corrected chi connectivity index (χ0v) is 12.7. The van der Waals surface area contributed by atoms with Gasteiger partial charge in [-0.1, -0.05) is 0 Å². The molecule has 0 aliphatic heterocycles.